The number of carboxylic acid groups (broad SMARTS) is 1. The third-order valence-corrected chi connectivity index (χ3v) is 1.95. The second-order valence-electron chi connectivity index (χ2n) is 2.21. The van der Waals surface area contributed by atoms with Crippen molar-refractivity contribution >= 4 is 21.9 Å². The molecule has 0 aliphatic heterocycles. The zero-order valence-corrected chi connectivity index (χ0v) is 7.82. The van der Waals surface area contributed by atoms with Gasteiger partial charge in [-0.15, -0.1) is 5.10 Å². The molecule has 6 nitrogen and oxygen atoms in total. The van der Waals surface area contributed by atoms with Gasteiger partial charge in [0.1, 0.15) is 11.7 Å². The minimum absolute atomic E-state index is 0.350. The van der Waals surface area contributed by atoms with E-state index >= 15 is 0 Å². The Hall–Kier alpha value is -0.950. The fraction of sp³-hybridized carbons (Fsp3) is 0.400. The maximum absolute atomic E-state index is 10.5. The Morgan fingerprint density at radius 1 is 1.83 bits per heavy atom. The summed E-state index contributed by atoms with van der Waals surface area (Å²) in [5, 5.41) is 15.8. The van der Waals surface area contributed by atoms with E-state index in [0.29, 0.717) is 10.3 Å². The number of aryl methyl sites for hydroxylation is 1. The van der Waals surface area contributed by atoms with Gasteiger partial charge in [0.25, 0.3) is 0 Å². The maximum Gasteiger partial charge on any atom is 0.326 e. The van der Waals surface area contributed by atoms with Crippen LogP contribution >= 0.6 is 15.9 Å². The summed E-state index contributed by atoms with van der Waals surface area (Å²) in [6.45, 7) is 0. The lowest BCUT2D eigenvalue weighted by molar-refractivity contribution is -0.138. The van der Waals surface area contributed by atoms with Crippen molar-refractivity contribution in [2.75, 3.05) is 0 Å². The van der Waals surface area contributed by atoms with Gasteiger partial charge in [-0.3, -0.25) is 4.79 Å². The molecule has 66 valence electrons. The number of carbonyl (C=O) groups is 1. The number of aromatic nitrogens is 3. The molecule has 1 aromatic heterocycles. The summed E-state index contributed by atoms with van der Waals surface area (Å²) >= 11 is 3.05. The molecule has 0 spiro atoms. The first-order valence-corrected chi connectivity index (χ1v) is 3.86. The largest absolute Gasteiger partial charge is 0.480 e. The lowest BCUT2D eigenvalue weighted by Crippen LogP contribution is -2.23. The molecule has 1 rings (SSSR count). The zero-order chi connectivity index (χ0) is 9.30. The molecule has 1 aromatic rings. The predicted molar refractivity (Wildman–Crippen MR) is 43.3 cm³/mol. The van der Waals surface area contributed by atoms with Crippen LogP contribution in [0.2, 0.25) is 0 Å². The summed E-state index contributed by atoms with van der Waals surface area (Å²) in [5.41, 5.74) is 5.70. The van der Waals surface area contributed by atoms with Crippen LogP contribution in [0.5, 0.6) is 0 Å². The number of aliphatic carboxylic acids is 1. The molecular weight excluding hydrogens is 228 g/mol. The van der Waals surface area contributed by atoms with Gasteiger partial charge < -0.3 is 10.8 Å². The van der Waals surface area contributed by atoms with E-state index in [2.05, 4.69) is 26.2 Å². The van der Waals surface area contributed by atoms with Crippen LogP contribution in [-0.4, -0.2) is 26.1 Å². The summed E-state index contributed by atoms with van der Waals surface area (Å²) in [4.78, 5) is 10.5. The van der Waals surface area contributed by atoms with Gasteiger partial charge in [-0.25, -0.2) is 4.68 Å². The first kappa shape index (κ1) is 9.14. The minimum Gasteiger partial charge on any atom is -0.480 e. The van der Waals surface area contributed by atoms with E-state index in [0.717, 1.165) is 0 Å². The van der Waals surface area contributed by atoms with Gasteiger partial charge in [0, 0.05) is 7.05 Å². The summed E-state index contributed by atoms with van der Waals surface area (Å²) in [7, 11) is 1.58. The van der Waals surface area contributed by atoms with Gasteiger partial charge in [-0.2, -0.15) is 0 Å². The summed E-state index contributed by atoms with van der Waals surface area (Å²) in [5.74, 6) is -1.11. The van der Waals surface area contributed by atoms with Gasteiger partial charge in [0.05, 0.1) is 0 Å². The number of nitrogens with two attached hydrogens (primary N) is 1. The van der Waals surface area contributed by atoms with Gasteiger partial charge in [-0.05, 0) is 15.9 Å². The van der Waals surface area contributed by atoms with E-state index in [-0.39, 0.29) is 0 Å². The third kappa shape index (κ3) is 1.46. The fourth-order valence-electron chi connectivity index (χ4n) is 0.786. The summed E-state index contributed by atoms with van der Waals surface area (Å²) < 4.78 is 1.68. The Morgan fingerprint density at radius 2 is 2.42 bits per heavy atom. The first-order chi connectivity index (χ1) is 5.54. The zero-order valence-electron chi connectivity index (χ0n) is 6.23. The Kier molecular flexibility index (Phi) is 2.43. The van der Waals surface area contributed by atoms with E-state index in [9.17, 15) is 4.79 Å². The Labute approximate surface area is 76.5 Å². The van der Waals surface area contributed by atoms with Gasteiger partial charge in [0.2, 0.25) is 0 Å². The topological polar surface area (TPSA) is 94.0 Å². The van der Waals surface area contributed by atoms with Crippen LogP contribution in [-0.2, 0) is 11.8 Å². The molecule has 12 heavy (non-hydrogen) atoms. The molecule has 1 unspecified atom stereocenters. The number of nitrogens with zero attached hydrogens (tertiary/aromatic N) is 3. The second-order valence-corrected chi connectivity index (χ2v) is 2.96. The monoisotopic (exact) mass is 234 g/mol. The van der Waals surface area contributed by atoms with Crippen molar-refractivity contribution in [3.63, 3.8) is 0 Å². The standard InChI is InChI=1S/C5H7BrN4O2/c1-10-3(2(7)5(11)12)4(6)8-9-10/h2H,7H2,1H3,(H,11,12). The molecule has 0 aliphatic carbocycles. The number of hydrogen-bond donors (Lipinski definition) is 2. The molecule has 0 aliphatic rings. The highest BCUT2D eigenvalue weighted by atomic mass is 79.9. The van der Waals surface area contributed by atoms with Gasteiger partial charge >= 0.3 is 5.97 Å². The second kappa shape index (κ2) is 3.20. The van der Waals surface area contributed by atoms with Crippen molar-refractivity contribution in [1.82, 2.24) is 15.0 Å². The average Bonchev–Trinajstić information content (AvgIpc) is 2.30. The Morgan fingerprint density at radius 3 is 2.75 bits per heavy atom. The molecule has 0 saturated carbocycles. The van der Waals surface area contributed by atoms with Crippen LogP contribution in [0.3, 0.4) is 0 Å². The normalized spacial score (nSPS) is 12.9. The average molecular weight is 235 g/mol. The number of carboxylic acids is 1. The van der Waals surface area contributed by atoms with Crippen molar-refractivity contribution in [2.24, 2.45) is 12.8 Å². The van der Waals surface area contributed by atoms with Crippen LogP contribution in [0.25, 0.3) is 0 Å². The van der Waals surface area contributed by atoms with E-state index in [4.69, 9.17) is 10.8 Å². The van der Waals surface area contributed by atoms with Gasteiger partial charge in [0.15, 0.2) is 4.60 Å². The molecular formula is C5H7BrN4O2. The lowest BCUT2D eigenvalue weighted by atomic mass is 10.2. The molecule has 0 fully saturated rings. The third-order valence-electron chi connectivity index (χ3n) is 1.39. The Balaban J connectivity index is 3.08. The fourth-order valence-corrected chi connectivity index (χ4v) is 1.36. The van der Waals surface area contributed by atoms with Crippen LogP contribution in [0, 0.1) is 0 Å². The van der Waals surface area contributed by atoms with E-state index in [1.807, 2.05) is 0 Å². The summed E-state index contributed by atoms with van der Waals surface area (Å²) in [6.07, 6.45) is 0. The number of hydrogen-bond acceptors (Lipinski definition) is 4. The maximum atomic E-state index is 10.5. The highest BCUT2D eigenvalue weighted by Gasteiger charge is 2.22. The molecule has 0 radical (unpaired) electrons. The smallest absolute Gasteiger partial charge is 0.326 e. The predicted octanol–water partition coefficient (Wildman–Crippen LogP) is -0.338. The first-order valence-electron chi connectivity index (χ1n) is 3.07. The molecule has 0 amide bonds. The van der Waals surface area contributed by atoms with Crippen LogP contribution in [0.15, 0.2) is 4.60 Å². The van der Waals surface area contributed by atoms with E-state index in [1.165, 1.54) is 4.68 Å². The molecule has 1 atom stereocenters. The minimum atomic E-state index is -1.11. The van der Waals surface area contributed by atoms with Crippen LogP contribution in [0.4, 0.5) is 0 Å². The number of rotatable bonds is 2. The highest BCUT2D eigenvalue weighted by molar-refractivity contribution is 9.10. The van der Waals surface area contributed by atoms with Crippen molar-refractivity contribution in [1.29, 1.82) is 0 Å². The van der Waals surface area contributed by atoms with Crippen LogP contribution < -0.4 is 5.73 Å². The van der Waals surface area contributed by atoms with E-state index < -0.39 is 12.0 Å². The number of halogens is 1. The molecule has 3 N–H and O–H groups in total. The van der Waals surface area contributed by atoms with E-state index in [1.54, 1.807) is 7.05 Å². The quantitative estimate of drug-likeness (QED) is 0.731. The van der Waals surface area contributed by atoms with Gasteiger partial charge in [-0.1, -0.05) is 5.21 Å². The SMILES string of the molecule is Cn1nnc(Br)c1C(N)C(=O)O. The molecule has 0 saturated heterocycles. The highest BCUT2D eigenvalue weighted by Crippen LogP contribution is 2.18. The molecule has 7 heteroatoms. The lowest BCUT2D eigenvalue weighted by Gasteiger charge is -2.05. The molecule has 0 bridgehead atoms. The van der Waals surface area contributed by atoms with Crippen molar-refractivity contribution in [2.45, 2.75) is 6.04 Å². The molecule has 1 heterocycles. The Bertz CT molecular complexity index is 291. The van der Waals surface area contributed by atoms with Crippen molar-refractivity contribution in [3.8, 4) is 0 Å². The molecule has 0 aromatic carbocycles. The van der Waals surface area contributed by atoms with Crippen molar-refractivity contribution < 1.29 is 9.90 Å². The van der Waals surface area contributed by atoms with Crippen LogP contribution in [0.1, 0.15) is 11.7 Å². The van der Waals surface area contributed by atoms with Crippen molar-refractivity contribution in [3.05, 3.63) is 10.3 Å². The summed E-state index contributed by atoms with van der Waals surface area (Å²) in [6, 6.07) is -1.10.